The van der Waals surface area contributed by atoms with E-state index in [1.807, 2.05) is 0 Å². The fraction of sp³-hybridized carbons (Fsp3) is 0.429. The van der Waals surface area contributed by atoms with Crippen molar-refractivity contribution in [2.45, 2.75) is 19.3 Å². The van der Waals surface area contributed by atoms with E-state index in [9.17, 15) is 9.59 Å². The first-order valence-electron chi connectivity index (χ1n) is 3.17. The van der Waals surface area contributed by atoms with Gasteiger partial charge in [-0.3, -0.25) is 4.79 Å². The molecule has 0 saturated carbocycles. The fourth-order valence-electron chi connectivity index (χ4n) is 0.519. The maximum Gasteiger partial charge on any atom is 0.241 e. The van der Waals surface area contributed by atoms with Gasteiger partial charge in [0.1, 0.15) is 6.29 Å². The van der Waals surface area contributed by atoms with Crippen molar-refractivity contribution in [3.8, 4) is 0 Å². The molecule has 0 rings (SSSR count). The van der Waals surface area contributed by atoms with Crippen molar-refractivity contribution in [2.24, 2.45) is 5.73 Å². The second-order valence-electron chi connectivity index (χ2n) is 1.90. The van der Waals surface area contributed by atoms with Gasteiger partial charge in [-0.05, 0) is 18.9 Å². The molecule has 0 aliphatic heterocycles. The summed E-state index contributed by atoms with van der Waals surface area (Å²) in [5, 5.41) is 0. The van der Waals surface area contributed by atoms with Gasteiger partial charge in [0.25, 0.3) is 0 Å². The van der Waals surface area contributed by atoms with E-state index < -0.39 is 5.91 Å². The predicted octanol–water partition coefficient (Wildman–Crippen LogP) is 0.397. The largest absolute Gasteiger partial charge is 0.366 e. The Hall–Kier alpha value is -1.12. The zero-order chi connectivity index (χ0) is 7.82. The minimum Gasteiger partial charge on any atom is -0.366 e. The van der Waals surface area contributed by atoms with Gasteiger partial charge in [0.15, 0.2) is 0 Å². The number of nitrogens with two attached hydrogens (primary N) is 1. The van der Waals surface area contributed by atoms with Crippen LogP contribution in [-0.4, -0.2) is 12.2 Å². The zero-order valence-corrected chi connectivity index (χ0v) is 5.75. The molecule has 56 valence electrons. The number of hydrogen-bond donors (Lipinski definition) is 1. The van der Waals surface area contributed by atoms with Crippen LogP contribution in [0.4, 0.5) is 0 Å². The van der Waals surface area contributed by atoms with Crippen molar-refractivity contribution in [3.05, 3.63) is 12.2 Å². The molecule has 0 aliphatic rings. The summed E-state index contributed by atoms with van der Waals surface area (Å²) < 4.78 is 0. The molecular formula is C7H11NO2. The molecule has 0 spiro atoms. The highest BCUT2D eigenvalue weighted by Crippen LogP contribution is 1.92. The number of primary amides is 1. The lowest BCUT2D eigenvalue weighted by atomic mass is 10.2. The summed E-state index contributed by atoms with van der Waals surface area (Å²) >= 11 is 0. The van der Waals surface area contributed by atoms with E-state index in [1.54, 1.807) is 6.08 Å². The number of amides is 1. The van der Waals surface area contributed by atoms with E-state index in [2.05, 4.69) is 0 Å². The van der Waals surface area contributed by atoms with Crippen LogP contribution < -0.4 is 5.73 Å². The molecule has 0 radical (unpaired) electrons. The number of carbonyl (C=O) groups excluding carboxylic acids is 2. The average Bonchev–Trinajstić information content (AvgIpc) is 1.87. The Labute approximate surface area is 59.9 Å². The lowest BCUT2D eigenvalue weighted by molar-refractivity contribution is -0.113. The van der Waals surface area contributed by atoms with E-state index in [4.69, 9.17) is 5.73 Å². The summed E-state index contributed by atoms with van der Waals surface area (Å²) in [6.45, 7) is 0. The van der Waals surface area contributed by atoms with Crippen LogP contribution in [0.25, 0.3) is 0 Å². The normalized spacial score (nSPS) is 10.0. The lowest BCUT2D eigenvalue weighted by Crippen LogP contribution is -2.05. The van der Waals surface area contributed by atoms with E-state index in [-0.39, 0.29) is 0 Å². The first-order chi connectivity index (χ1) is 4.77. The number of allylic oxidation sites excluding steroid dienone is 1. The third-order valence-electron chi connectivity index (χ3n) is 0.975. The Bertz CT molecular complexity index is 141. The molecule has 10 heavy (non-hydrogen) atoms. The highest BCUT2D eigenvalue weighted by molar-refractivity contribution is 5.85. The van der Waals surface area contributed by atoms with Crippen LogP contribution in [0.1, 0.15) is 19.3 Å². The number of aldehydes is 1. The molecule has 2 N–H and O–H groups in total. The minimum atomic E-state index is -0.439. The summed E-state index contributed by atoms with van der Waals surface area (Å²) in [6.07, 6.45) is 5.91. The Kier molecular flexibility index (Phi) is 5.33. The quantitative estimate of drug-likeness (QED) is 0.342. The molecule has 0 heterocycles. The van der Waals surface area contributed by atoms with Gasteiger partial charge in [0.05, 0.1) is 0 Å². The Balaban J connectivity index is 3.18. The highest BCUT2D eigenvalue weighted by atomic mass is 16.1. The SMILES string of the molecule is NC(=O)/C=C/CCCC=O. The van der Waals surface area contributed by atoms with Gasteiger partial charge in [0, 0.05) is 6.42 Å². The first-order valence-corrected chi connectivity index (χ1v) is 3.17. The molecular weight excluding hydrogens is 130 g/mol. The lowest BCUT2D eigenvalue weighted by Gasteiger charge is -1.85. The minimum absolute atomic E-state index is 0.439. The molecule has 0 aromatic rings. The molecule has 0 aromatic carbocycles. The van der Waals surface area contributed by atoms with Gasteiger partial charge in [-0.1, -0.05) is 6.08 Å². The van der Waals surface area contributed by atoms with Gasteiger partial charge < -0.3 is 10.5 Å². The number of rotatable bonds is 5. The summed E-state index contributed by atoms with van der Waals surface area (Å²) in [4.78, 5) is 19.9. The van der Waals surface area contributed by atoms with E-state index in [0.29, 0.717) is 6.42 Å². The predicted molar refractivity (Wildman–Crippen MR) is 38.2 cm³/mol. The van der Waals surface area contributed by atoms with Crippen molar-refractivity contribution >= 4 is 12.2 Å². The number of hydrogen-bond acceptors (Lipinski definition) is 2. The molecule has 0 atom stereocenters. The molecule has 3 nitrogen and oxygen atoms in total. The van der Waals surface area contributed by atoms with Gasteiger partial charge >= 0.3 is 0 Å². The monoisotopic (exact) mass is 141 g/mol. The summed E-state index contributed by atoms with van der Waals surface area (Å²) in [5.41, 5.74) is 4.81. The van der Waals surface area contributed by atoms with Gasteiger partial charge in [0.2, 0.25) is 5.91 Å². The van der Waals surface area contributed by atoms with E-state index in [1.165, 1.54) is 6.08 Å². The van der Waals surface area contributed by atoms with Crippen LogP contribution in [0.15, 0.2) is 12.2 Å². The molecule has 0 unspecified atom stereocenters. The highest BCUT2D eigenvalue weighted by Gasteiger charge is 1.83. The maximum atomic E-state index is 10.1. The second kappa shape index (κ2) is 6.01. The molecule has 3 heteroatoms. The maximum absolute atomic E-state index is 10.1. The summed E-state index contributed by atoms with van der Waals surface area (Å²) in [7, 11) is 0. The Morgan fingerprint density at radius 1 is 1.40 bits per heavy atom. The van der Waals surface area contributed by atoms with E-state index >= 15 is 0 Å². The van der Waals surface area contributed by atoms with Crippen LogP contribution >= 0.6 is 0 Å². The average molecular weight is 141 g/mol. The zero-order valence-electron chi connectivity index (χ0n) is 5.75. The van der Waals surface area contributed by atoms with Crippen LogP contribution in [0, 0.1) is 0 Å². The third kappa shape index (κ3) is 6.88. The van der Waals surface area contributed by atoms with Crippen molar-refractivity contribution < 1.29 is 9.59 Å². The van der Waals surface area contributed by atoms with Crippen LogP contribution in [0.5, 0.6) is 0 Å². The standard InChI is InChI=1S/C7H11NO2/c8-7(10)5-3-1-2-4-6-9/h3,5-6H,1-2,4H2,(H2,8,10)/b5-3+. The molecule has 0 aromatic heterocycles. The fourth-order valence-corrected chi connectivity index (χ4v) is 0.519. The van der Waals surface area contributed by atoms with Gasteiger partial charge in [-0.15, -0.1) is 0 Å². The van der Waals surface area contributed by atoms with Crippen molar-refractivity contribution in [2.75, 3.05) is 0 Å². The molecule has 0 saturated heterocycles. The van der Waals surface area contributed by atoms with Crippen molar-refractivity contribution in [1.82, 2.24) is 0 Å². The second-order valence-corrected chi connectivity index (χ2v) is 1.90. The Morgan fingerprint density at radius 2 is 2.10 bits per heavy atom. The first kappa shape index (κ1) is 8.88. The van der Waals surface area contributed by atoms with E-state index in [0.717, 1.165) is 19.1 Å². The van der Waals surface area contributed by atoms with Crippen molar-refractivity contribution in [1.29, 1.82) is 0 Å². The molecule has 0 fully saturated rings. The number of carbonyl (C=O) groups is 2. The number of unbranched alkanes of at least 4 members (excludes halogenated alkanes) is 2. The third-order valence-corrected chi connectivity index (χ3v) is 0.975. The molecule has 1 amide bonds. The smallest absolute Gasteiger partial charge is 0.241 e. The van der Waals surface area contributed by atoms with Crippen LogP contribution in [0.3, 0.4) is 0 Å². The van der Waals surface area contributed by atoms with Gasteiger partial charge in [-0.25, -0.2) is 0 Å². The van der Waals surface area contributed by atoms with Crippen molar-refractivity contribution in [3.63, 3.8) is 0 Å². The summed E-state index contributed by atoms with van der Waals surface area (Å²) in [6, 6.07) is 0. The molecule has 0 aliphatic carbocycles. The summed E-state index contributed by atoms with van der Waals surface area (Å²) in [5.74, 6) is -0.439. The van der Waals surface area contributed by atoms with Gasteiger partial charge in [-0.2, -0.15) is 0 Å². The topological polar surface area (TPSA) is 60.2 Å². The molecule has 0 bridgehead atoms. The van der Waals surface area contributed by atoms with Crippen LogP contribution in [-0.2, 0) is 9.59 Å². The Morgan fingerprint density at radius 3 is 2.60 bits per heavy atom. The van der Waals surface area contributed by atoms with Crippen LogP contribution in [0.2, 0.25) is 0 Å².